The van der Waals surface area contributed by atoms with Crippen LogP contribution in [0.1, 0.15) is 98.0 Å². The Morgan fingerprint density at radius 3 is 1.19 bits per heavy atom. The van der Waals surface area contributed by atoms with Crippen LogP contribution >= 0.6 is 50.7 Å². The number of Topliss-reactive ketones (excluding diaryl/α,β-unsaturated/α-hetero) is 2. The smallest absolute Gasteiger partial charge is 0.269 e. The number of anilines is 3. The molecule has 0 bridgehead atoms. The van der Waals surface area contributed by atoms with Gasteiger partial charge in [-0.05, 0) is 101 Å². The van der Waals surface area contributed by atoms with E-state index in [0.717, 1.165) is 67.3 Å². The number of benzene rings is 8. The highest BCUT2D eigenvalue weighted by Gasteiger charge is 2.44. The highest BCUT2D eigenvalue weighted by atomic mass is 79.9. The molecule has 3 saturated heterocycles. The number of hydrogen-bond acceptors (Lipinski definition) is 13. The van der Waals surface area contributed by atoms with E-state index in [1.54, 1.807) is 103 Å². The lowest BCUT2D eigenvalue weighted by Gasteiger charge is -2.24. The molecule has 630 valence electrons. The topological polar surface area (TPSA) is 292 Å². The second-order valence-electron chi connectivity index (χ2n) is 30.5. The molecule has 5 N–H and O–H groups in total. The van der Waals surface area contributed by atoms with E-state index >= 15 is 13.2 Å². The molecule has 6 aliphatic rings. The number of likely N-dealkylation sites (tertiary alicyclic amines) is 3. The van der Waals surface area contributed by atoms with Crippen LogP contribution in [0.5, 0.6) is 0 Å². The van der Waals surface area contributed by atoms with Crippen molar-refractivity contribution in [1.82, 2.24) is 49.0 Å². The van der Waals surface area contributed by atoms with Crippen LogP contribution in [0.25, 0.3) is 84.3 Å². The average molecular weight is 1810 g/mol. The molecule has 7 amide bonds. The monoisotopic (exact) mass is 1800 g/mol. The summed E-state index contributed by atoms with van der Waals surface area (Å²) in [4.78, 5) is 123. The molecule has 124 heavy (non-hydrogen) atoms. The third kappa shape index (κ3) is 16.6. The van der Waals surface area contributed by atoms with E-state index in [9.17, 15) is 56.3 Å². The van der Waals surface area contributed by atoms with Gasteiger partial charge in [-0.25, -0.2) is 26.3 Å². The predicted octanol–water partition coefficient (Wildman–Crippen LogP) is 16.6. The summed E-state index contributed by atoms with van der Waals surface area (Å²) in [6.07, 6.45) is 11.9. The number of allylic oxidation sites excluding steroid dienone is 3. The number of ketones is 2. The molecule has 0 radical (unpaired) electrons. The van der Waals surface area contributed by atoms with Crippen LogP contribution in [0, 0.1) is 17.5 Å². The Bertz CT molecular complexity index is 6340. The van der Waals surface area contributed by atoms with Gasteiger partial charge in [-0.15, -0.1) is 0 Å². The molecule has 3 aliphatic carbocycles. The lowest BCUT2D eigenvalue weighted by atomic mass is 9.99. The van der Waals surface area contributed by atoms with E-state index in [2.05, 4.69) is 52.2 Å². The third-order valence-corrected chi connectivity index (χ3v) is 24.3. The summed E-state index contributed by atoms with van der Waals surface area (Å²) in [5, 5.41) is 23.2. The normalized spacial score (nSPS) is 17.7. The van der Waals surface area contributed by atoms with Crippen molar-refractivity contribution in [3.8, 4) is 33.4 Å². The fourth-order valence-electron chi connectivity index (χ4n) is 16.6. The Morgan fingerprint density at radius 1 is 0.435 bits per heavy atom. The predicted molar refractivity (Wildman–Crippen MR) is 463 cm³/mol. The van der Waals surface area contributed by atoms with Crippen molar-refractivity contribution in [1.29, 1.82) is 0 Å². The molecule has 12 aromatic rings. The van der Waals surface area contributed by atoms with Gasteiger partial charge < -0.3 is 36.4 Å². The maximum Gasteiger partial charge on any atom is 0.269 e. The molecule has 7 heterocycles. The quantitative estimate of drug-likeness (QED) is 0.0459. The lowest BCUT2D eigenvalue weighted by molar-refractivity contribution is -0.137. The number of fused-ring (bicyclic) bond motifs is 6. The van der Waals surface area contributed by atoms with Crippen molar-refractivity contribution in [2.24, 2.45) is 5.73 Å². The van der Waals surface area contributed by atoms with E-state index in [0.29, 0.717) is 68.9 Å². The maximum absolute atomic E-state index is 15.7. The highest BCUT2D eigenvalue weighted by molar-refractivity contribution is 9.10. The molecule has 0 unspecified atom stereocenters. The van der Waals surface area contributed by atoms with Crippen LogP contribution in [-0.2, 0) is 67.7 Å². The van der Waals surface area contributed by atoms with Gasteiger partial charge in [0.15, 0.2) is 34.7 Å². The van der Waals surface area contributed by atoms with Crippen molar-refractivity contribution in [3.05, 3.63) is 258 Å². The van der Waals surface area contributed by atoms with Gasteiger partial charge in [0, 0.05) is 93.3 Å². The highest BCUT2D eigenvalue weighted by Crippen LogP contribution is 2.43. The standard InChI is InChI=1S/C31H25ClF2N4O3.C30H23BrClF2N5O3.C30H24ClF2N5O3/c1-17(39)30-23-7-2-3-11-25(23)38(36-30)16-27(40)37-15-19(33)14-26(37)31(41)35-24-10-5-9-22(29(24)34)21-13-12-18-6-4-8-20(18)28(21)32;31-16-8-10-23-21(11-16)28(29(35)41)37-39(23)14-25(40)38-13-17(33)12-24(38)30(42)36-22-6-2-5-20(27(22)34)19-9-7-15-3-1-4-18(15)26(19)32;1-16(39)29-22-10-11-34-13-25(22)38(36-29)15-26(40)37-14-18(32)12-24(37)30(41)35-23-7-3-6-21(28(23)33)20-9-8-17-4-2-5-19(17)27(20)31/h2-5,7-13,19,26H,6,14-16H2,1H3,(H,35,41);1-2,4-11,17,24H,3,12-14H2,(H2,35,41)(H,36,42);2-3,5-11,13,18,24H,4,12,14-15H2,1H3,(H,35,41)/t19-,26+;17-,24+;18-,24+/m111/s1. The van der Waals surface area contributed by atoms with Crippen molar-refractivity contribution in [3.63, 3.8) is 0 Å². The van der Waals surface area contributed by atoms with Crippen molar-refractivity contribution in [2.75, 3.05) is 35.6 Å². The minimum Gasteiger partial charge on any atom is -0.364 e. The molecule has 4 aromatic heterocycles. The zero-order chi connectivity index (χ0) is 87.4. The number of nitrogens with zero attached hydrogens (tertiary/aromatic N) is 10. The number of aromatic nitrogens is 7. The van der Waals surface area contributed by atoms with Crippen LogP contribution < -0.4 is 21.7 Å². The zero-order valence-electron chi connectivity index (χ0n) is 65.9. The van der Waals surface area contributed by atoms with Crippen LogP contribution in [0.3, 0.4) is 0 Å². The van der Waals surface area contributed by atoms with Gasteiger partial charge in [-0.1, -0.05) is 178 Å². The molecule has 6 atom stereocenters. The van der Waals surface area contributed by atoms with Crippen LogP contribution in [-0.4, -0.2) is 158 Å². The van der Waals surface area contributed by atoms with Crippen molar-refractivity contribution in [2.45, 2.75) is 109 Å². The molecular formula is C91H72BrCl3F6N14O9. The number of para-hydroxylation sites is 1. The molecular weight excluding hydrogens is 1730 g/mol. The van der Waals surface area contributed by atoms with Gasteiger partial charge in [0.1, 0.15) is 67.7 Å². The van der Waals surface area contributed by atoms with Gasteiger partial charge >= 0.3 is 0 Å². The second-order valence-corrected chi connectivity index (χ2v) is 32.6. The SMILES string of the molecule is CC(=O)c1nn(CC(=O)N2C[C@H](F)C[C@H]2C(=O)Nc2cccc(-c3ccc4c(c3Cl)C=CC4)c2F)c2ccccc12.CC(=O)c1nn(CC(=O)N2C[C@H](F)C[C@H]2C(=O)Nc2cccc(-c3ccc4c(c3Cl)C=CC4)c2F)c2cnccc12.NC(=O)c1nn(CC(=O)N2C[C@H](F)C[C@H]2C(=O)Nc2cccc(-c3ccc4c(c3Cl)C=CC4)c2F)c2ccc(Br)cc12. The molecule has 8 aromatic carbocycles. The fraction of sp³-hybridized carbons (Fsp3) is 0.220. The Hall–Kier alpha value is -12.9. The summed E-state index contributed by atoms with van der Waals surface area (Å²) < 4.78 is 95.5. The average Bonchev–Trinajstić information content (AvgIpc) is 1.60. The fourth-order valence-corrected chi connectivity index (χ4v) is 18.0. The number of rotatable bonds is 18. The van der Waals surface area contributed by atoms with E-state index in [1.165, 1.54) is 58.5 Å². The molecule has 0 spiro atoms. The molecule has 33 heteroatoms. The van der Waals surface area contributed by atoms with Crippen molar-refractivity contribution < 1.29 is 69.5 Å². The molecule has 18 rings (SSSR count). The zero-order valence-corrected chi connectivity index (χ0v) is 69.7. The van der Waals surface area contributed by atoms with Crippen LogP contribution in [0.15, 0.2) is 175 Å². The first-order valence-electron chi connectivity index (χ1n) is 39.3. The molecule has 3 fully saturated rings. The number of alkyl halides is 3. The Balaban J connectivity index is 0.000000137. The lowest BCUT2D eigenvalue weighted by Crippen LogP contribution is -2.44. The number of nitrogens with two attached hydrogens (primary N) is 1. The number of pyridine rings is 1. The Kier molecular flexibility index (Phi) is 24.0. The summed E-state index contributed by atoms with van der Waals surface area (Å²) >= 11 is 23.1. The van der Waals surface area contributed by atoms with Gasteiger partial charge in [-0.2, -0.15) is 15.3 Å². The minimum absolute atomic E-state index is 0.0203. The number of carbonyl (C=O) groups excluding carboxylic acids is 9. The van der Waals surface area contributed by atoms with E-state index in [4.69, 9.17) is 40.5 Å². The largest absolute Gasteiger partial charge is 0.364 e. The summed E-state index contributed by atoms with van der Waals surface area (Å²) in [5.41, 5.74) is 14.8. The minimum atomic E-state index is -1.45. The van der Waals surface area contributed by atoms with Crippen LogP contribution in [0.2, 0.25) is 15.1 Å². The summed E-state index contributed by atoms with van der Waals surface area (Å²) in [6.45, 7) is 0.874. The van der Waals surface area contributed by atoms with E-state index < -0.39 is 95.4 Å². The number of halogens is 10. The van der Waals surface area contributed by atoms with Gasteiger partial charge in [0.05, 0.1) is 74.5 Å². The first kappa shape index (κ1) is 84.7. The van der Waals surface area contributed by atoms with Gasteiger partial charge in [0.25, 0.3) is 5.91 Å². The number of amides is 7. The van der Waals surface area contributed by atoms with E-state index in [1.807, 2.05) is 54.7 Å². The molecule has 3 aliphatic heterocycles. The van der Waals surface area contributed by atoms with E-state index in [-0.39, 0.29) is 121 Å². The first-order valence-corrected chi connectivity index (χ1v) is 41.3. The number of hydrogen-bond donors (Lipinski definition) is 4. The van der Waals surface area contributed by atoms with Gasteiger partial charge in [0.2, 0.25) is 35.4 Å². The third-order valence-electron chi connectivity index (χ3n) is 22.6. The number of nitrogens with one attached hydrogen (secondary N) is 3. The number of primary amides is 1. The van der Waals surface area contributed by atoms with Gasteiger partial charge in [-0.3, -0.25) is 62.2 Å². The Morgan fingerprint density at radius 2 is 0.798 bits per heavy atom. The maximum atomic E-state index is 15.7. The molecule has 23 nitrogen and oxygen atoms in total. The first-order chi connectivity index (χ1) is 59.6. The summed E-state index contributed by atoms with van der Waals surface area (Å²) in [5.74, 6) is -7.22. The number of carbonyl (C=O) groups is 9. The van der Waals surface area contributed by atoms with Crippen molar-refractivity contribution >= 4 is 172 Å². The second kappa shape index (κ2) is 35.1. The summed E-state index contributed by atoms with van der Waals surface area (Å²) in [7, 11) is 0. The Labute approximate surface area is 726 Å². The van der Waals surface area contributed by atoms with Crippen LogP contribution in [0.4, 0.5) is 43.4 Å². The summed E-state index contributed by atoms with van der Waals surface area (Å²) in [6, 6.07) is 34.7. The molecule has 0 saturated carbocycles.